The van der Waals surface area contributed by atoms with Gasteiger partial charge in [-0.05, 0) is 30.5 Å². The van der Waals surface area contributed by atoms with Crippen LogP contribution in [0.2, 0.25) is 0 Å². The molecule has 6 nitrogen and oxygen atoms in total. The molecule has 1 aromatic carbocycles. The number of benzene rings is 1. The SMILES string of the molecule is O=C(c1cccn1Cc1ccccc1)N1CCN(C(=O)C2CCCO2)CC1. The van der Waals surface area contributed by atoms with Gasteiger partial charge in [0.25, 0.3) is 11.8 Å². The van der Waals surface area contributed by atoms with E-state index in [9.17, 15) is 9.59 Å². The summed E-state index contributed by atoms with van der Waals surface area (Å²) in [4.78, 5) is 29.1. The zero-order chi connectivity index (χ0) is 18.6. The minimum Gasteiger partial charge on any atom is -0.368 e. The molecule has 0 spiro atoms. The molecule has 1 unspecified atom stereocenters. The first-order valence-electron chi connectivity index (χ1n) is 9.61. The number of aromatic nitrogens is 1. The number of hydrogen-bond donors (Lipinski definition) is 0. The number of hydrogen-bond acceptors (Lipinski definition) is 3. The van der Waals surface area contributed by atoms with Crippen molar-refractivity contribution < 1.29 is 14.3 Å². The van der Waals surface area contributed by atoms with E-state index in [1.807, 2.05) is 50.9 Å². The average Bonchev–Trinajstić information content (AvgIpc) is 3.40. The summed E-state index contributed by atoms with van der Waals surface area (Å²) in [6.45, 7) is 3.62. The Hall–Kier alpha value is -2.60. The summed E-state index contributed by atoms with van der Waals surface area (Å²) >= 11 is 0. The van der Waals surface area contributed by atoms with E-state index in [1.165, 1.54) is 0 Å². The van der Waals surface area contributed by atoms with Gasteiger partial charge in [-0.15, -0.1) is 0 Å². The van der Waals surface area contributed by atoms with Gasteiger partial charge in [0.2, 0.25) is 0 Å². The fraction of sp³-hybridized carbons (Fsp3) is 0.429. The standard InChI is InChI=1S/C21H25N3O3/c25-20(18-8-4-10-24(18)16-17-6-2-1-3-7-17)22-11-13-23(14-12-22)21(26)19-9-5-15-27-19/h1-4,6-8,10,19H,5,9,11-16H2. The fourth-order valence-electron chi connectivity index (χ4n) is 3.79. The smallest absolute Gasteiger partial charge is 0.270 e. The normalized spacial score (nSPS) is 20.1. The highest BCUT2D eigenvalue weighted by Gasteiger charge is 2.31. The molecule has 1 aromatic heterocycles. The second kappa shape index (κ2) is 7.96. The van der Waals surface area contributed by atoms with Crippen molar-refractivity contribution in [2.24, 2.45) is 0 Å². The van der Waals surface area contributed by atoms with Crippen LogP contribution in [0.4, 0.5) is 0 Å². The molecule has 0 radical (unpaired) electrons. The molecule has 0 aliphatic carbocycles. The topological polar surface area (TPSA) is 54.8 Å². The van der Waals surface area contributed by atoms with Crippen LogP contribution in [-0.2, 0) is 16.1 Å². The zero-order valence-corrected chi connectivity index (χ0v) is 15.4. The molecule has 0 saturated carbocycles. The van der Waals surface area contributed by atoms with E-state index in [0.717, 1.165) is 18.4 Å². The average molecular weight is 367 g/mol. The van der Waals surface area contributed by atoms with Gasteiger partial charge in [0.1, 0.15) is 11.8 Å². The van der Waals surface area contributed by atoms with Crippen LogP contribution < -0.4 is 0 Å². The second-order valence-corrected chi connectivity index (χ2v) is 7.13. The summed E-state index contributed by atoms with van der Waals surface area (Å²) in [5.41, 5.74) is 1.85. The summed E-state index contributed by atoms with van der Waals surface area (Å²) in [7, 11) is 0. The lowest BCUT2D eigenvalue weighted by atomic mass is 10.2. The van der Waals surface area contributed by atoms with Gasteiger partial charge in [-0.25, -0.2) is 0 Å². The predicted octanol–water partition coefficient (Wildman–Crippen LogP) is 2.00. The minimum absolute atomic E-state index is 0.0279. The summed E-state index contributed by atoms with van der Waals surface area (Å²) in [5, 5.41) is 0. The van der Waals surface area contributed by atoms with Crippen LogP contribution in [0.5, 0.6) is 0 Å². The van der Waals surface area contributed by atoms with Crippen LogP contribution in [0.15, 0.2) is 48.7 Å². The highest BCUT2D eigenvalue weighted by Crippen LogP contribution is 2.17. The molecular formula is C21H25N3O3. The maximum atomic E-state index is 13.0. The van der Waals surface area contributed by atoms with Gasteiger partial charge in [-0.3, -0.25) is 9.59 Å². The van der Waals surface area contributed by atoms with Crippen LogP contribution in [0.1, 0.15) is 28.9 Å². The van der Waals surface area contributed by atoms with Crippen LogP contribution >= 0.6 is 0 Å². The molecule has 6 heteroatoms. The van der Waals surface area contributed by atoms with Gasteiger partial charge in [-0.2, -0.15) is 0 Å². The molecule has 2 amide bonds. The molecule has 0 N–H and O–H groups in total. The molecule has 142 valence electrons. The van der Waals surface area contributed by atoms with Crippen molar-refractivity contribution in [3.05, 3.63) is 59.9 Å². The minimum atomic E-state index is -0.282. The number of nitrogens with zero attached hydrogens (tertiary/aromatic N) is 3. The van der Waals surface area contributed by atoms with Crippen LogP contribution in [0.3, 0.4) is 0 Å². The van der Waals surface area contributed by atoms with Gasteiger partial charge in [0, 0.05) is 45.5 Å². The van der Waals surface area contributed by atoms with E-state index in [1.54, 1.807) is 0 Å². The first kappa shape index (κ1) is 17.8. The molecule has 0 bridgehead atoms. The van der Waals surface area contributed by atoms with Crippen molar-refractivity contribution in [3.63, 3.8) is 0 Å². The molecule has 27 heavy (non-hydrogen) atoms. The Morgan fingerprint density at radius 2 is 1.70 bits per heavy atom. The Balaban J connectivity index is 1.37. The molecule has 2 saturated heterocycles. The number of carbonyl (C=O) groups is 2. The Morgan fingerprint density at radius 1 is 0.963 bits per heavy atom. The first-order valence-corrected chi connectivity index (χ1v) is 9.61. The van der Waals surface area contributed by atoms with E-state index in [4.69, 9.17) is 4.74 Å². The van der Waals surface area contributed by atoms with Gasteiger partial charge in [0.15, 0.2) is 0 Å². The van der Waals surface area contributed by atoms with Crippen molar-refractivity contribution >= 4 is 11.8 Å². The molecule has 2 aliphatic heterocycles. The maximum absolute atomic E-state index is 13.0. The van der Waals surface area contributed by atoms with Crippen LogP contribution in [0, 0.1) is 0 Å². The van der Waals surface area contributed by atoms with Crippen molar-refractivity contribution in [2.45, 2.75) is 25.5 Å². The lowest BCUT2D eigenvalue weighted by molar-refractivity contribution is -0.142. The third-order valence-electron chi connectivity index (χ3n) is 5.33. The van der Waals surface area contributed by atoms with Crippen LogP contribution in [0.25, 0.3) is 0 Å². The third kappa shape index (κ3) is 3.90. The fourth-order valence-corrected chi connectivity index (χ4v) is 3.79. The lowest BCUT2D eigenvalue weighted by Crippen LogP contribution is -2.53. The number of piperazine rings is 1. The summed E-state index contributed by atoms with van der Waals surface area (Å²) in [5.74, 6) is 0.104. The highest BCUT2D eigenvalue weighted by molar-refractivity contribution is 5.93. The number of amides is 2. The summed E-state index contributed by atoms with van der Waals surface area (Å²) < 4.78 is 7.49. The number of ether oxygens (including phenoxy) is 1. The summed E-state index contributed by atoms with van der Waals surface area (Å²) in [6.07, 6.45) is 3.42. The van der Waals surface area contributed by atoms with E-state index in [0.29, 0.717) is 45.0 Å². The van der Waals surface area contributed by atoms with Gasteiger partial charge >= 0.3 is 0 Å². The Kier molecular flexibility index (Phi) is 5.25. The molecule has 1 atom stereocenters. The predicted molar refractivity (Wildman–Crippen MR) is 101 cm³/mol. The Labute approximate surface area is 159 Å². The van der Waals surface area contributed by atoms with Crippen molar-refractivity contribution in [2.75, 3.05) is 32.8 Å². The van der Waals surface area contributed by atoms with Crippen molar-refractivity contribution in [3.8, 4) is 0 Å². The monoisotopic (exact) mass is 367 g/mol. The van der Waals surface area contributed by atoms with E-state index in [-0.39, 0.29) is 17.9 Å². The molecular weight excluding hydrogens is 342 g/mol. The van der Waals surface area contributed by atoms with E-state index < -0.39 is 0 Å². The summed E-state index contributed by atoms with van der Waals surface area (Å²) in [6, 6.07) is 13.9. The number of carbonyl (C=O) groups excluding carboxylic acids is 2. The van der Waals surface area contributed by atoms with E-state index in [2.05, 4.69) is 12.1 Å². The van der Waals surface area contributed by atoms with Crippen molar-refractivity contribution in [1.29, 1.82) is 0 Å². The molecule has 4 rings (SSSR count). The third-order valence-corrected chi connectivity index (χ3v) is 5.33. The molecule has 3 heterocycles. The van der Waals surface area contributed by atoms with Gasteiger partial charge in [0.05, 0.1) is 0 Å². The van der Waals surface area contributed by atoms with E-state index >= 15 is 0 Å². The molecule has 2 aliphatic rings. The number of rotatable bonds is 4. The first-order chi connectivity index (χ1) is 13.2. The van der Waals surface area contributed by atoms with Crippen LogP contribution in [-0.4, -0.2) is 65.1 Å². The maximum Gasteiger partial charge on any atom is 0.270 e. The quantitative estimate of drug-likeness (QED) is 0.831. The zero-order valence-electron chi connectivity index (χ0n) is 15.4. The highest BCUT2D eigenvalue weighted by atomic mass is 16.5. The Morgan fingerprint density at radius 3 is 2.41 bits per heavy atom. The second-order valence-electron chi connectivity index (χ2n) is 7.13. The molecule has 2 aromatic rings. The van der Waals surface area contributed by atoms with Gasteiger partial charge < -0.3 is 19.1 Å². The Bertz CT molecular complexity index is 788. The lowest BCUT2D eigenvalue weighted by Gasteiger charge is -2.35. The van der Waals surface area contributed by atoms with Crippen molar-refractivity contribution in [1.82, 2.24) is 14.4 Å². The molecule has 2 fully saturated rings. The van der Waals surface area contributed by atoms with Gasteiger partial charge in [-0.1, -0.05) is 30.3 Å². The largest absolute Gasteiger partial charge is 0.368 e.